The topological polar surface area (TPSA) is 66.7 Å². The number of nitrogens with zero attached hydrogens (tertiary/aromatic N) is 3. The van der Waals surface area contributed by atoms with Gasteiger partial charge >= 0.3 is 0 Å². The van der Waals surface area contributed by atoms with Gasteiger partial charge in [-0.25, -0.2) is 4.39 Å². The molecule has 0 aliphatic carbocycles. The van der Waals surface area contributed by atoms with Crippen LogP contribution in [0.4, 0.5) is 15.8 Å². The van der Waals surface area contributed by atoms with Gasteiger partial charge in [0.2, 0.25) is 5.91 Å². The number of carbonyl (C=O) groups is 1. The van der Waals surface area contributed by atoms with Gasteiger partial charge in [-0.15, -0.1) is 0 Å². The number of hydrogen-bond acceptors (Lipinski definition) is 4. The Labute approximate surface area is 109 Å². The van der Waals surface area contributed by atoms with Crippen molar-refractivity contribution in [2.24, 2.45) is 0 Å². The second kappa shape index (κ2) is 5.21. The Kier molecular flexibility index (Phi) is 3.64. The minimum absolute atomic E-state index is 0.0200. The fraction of sp³-hybridized carbons (Fsp3) is 0.417. The summed E-state index contributed by atoms with van der Waals surface area (Å²) in [4.78, 5) is 25.0. The van der Waals surface area contributed by atoms with Crippen LogP contribution in [0.1, 0.15) is 6.92 Å². The summed E-state index contributed by atoms with van der Waals surface area (Å²) in [5.74, 6) is -0.525. The molecule has 1 amide bonds. The van der Waals surface area contributed by atoms with E-state index in [1.165, 1.54) is 19.1 Å². The third-order valence-electron chi connectivity index (χ3n) is 3.20. The van der Waals surface area contributed by atoms with Gasteiger partial charge in [0, 0.05) is 45.2 Å². The lowest BCUT2D eigenvalue weighted by Gasteiger charge is -2.35. The summed E-state index contributed by atoms with van der Waals surface area (Å²) >= 11 is 0. The average molecular weight is 267 g/mol. The Morgan fingerprint density at radius 2 is 1.95 bits per heavy atom. The summed E-state index contributed by atoms with van der Waals surface area (Å²) in [6.07, 6.45) is 0. The van der Waals surface area contributed by atoms with E-state index in [0.29, 0.717) is 26.2 Å². The van der Waals surface area contributed by atoms with Gasteiger partial charge in [0.05, 0.1) is 4.92 Å². The summed E-state index contributed by atoms with van der Waals surface area (Å²) in [6, 6.07) is 3.41. The average Bonchev–Trinajstić information content (AvgIpc) is 2.38. The number of hydrogen-bond donors (Lipinski definition) is 0. The lowest BCUT2D eigenvalue weighted by atomic mass is 10.2. The van der Waals surface area contributed by atoms with Gasteiger partial charge in [-0.2, -0.15) is 0 Å². The molecule has 1 heterocycles. The van der Waals surface area contributed by atoms with Crippen LogP contribution in [-0.2, 0) is 4.79 Å². The molecule has 1 aromatic carbocycles. The monoisotopic (exact) mass is 267 g/mol. The van der Waals surface area contributed by atoms with Gasteiger partial charge in [-0.3, -0.25) is 14.9 Å². The lowest BCUT2D eigenvalue weighted by molar-refractivity contribution is -0.384. The first kappa shape index (κ1) is 13.3. The van der Waals surface area contributed by atoms with Crippen molar-refractivity contribution >= 4 is 17.3 Å². The number of benzene rings is 1. The summed E-state index contributed by atoms with van der Waals surface area (Å²) in [6.45, 7) is 3.39. The maximum atomic E-state index is 13.3. The van der Waals surface area contributed by atoms with Crippen LogP contribution in [0.15, 0.2) is 18.2 Å². The molecule has 0 aromatic heterocycles. The number of piperazine rings is 1. The van der Waals surface area contributed by atoms with Gasteiger partial charge in [-0.05, 0) is 6.07 Å². The quantitative estimate of drug-likeness (QED) is 0.600. The lowest BCUT2D eigenvalue weighted by Crippen LogP contribution is -2.48. The Morgan fingerprint density at radius 3 is 2.47 bits per heavy atom. The molecule has 0 saturated carbocycles. The minimum atomic E-state index is -0.522. The van der Waals surface area contributed by atoms with Crippen molar-refractivity contribution < 1.29 is 14.1 Å². The zero-order chi connectivity index (χ0) is 14.0. The van der Waals surface area contributed by atoms with Crippen LogP contribution in [0.3, 0.4) is 0 Å². The maximum Gasteiger partial charge on any atom is 0.292 e. The SMILES string of the molecule is CC(=O)N1CCN(c2cc(F)ccc2[N+](=O)[O-])CC1. The standard InChI is InChI=1S/C12H14FN3O3/c1-9(17)14-4-6-15(7-5-14)12-8-10(13)2-3-11(12)16(18)19/h2-3,8H,4-7H2,1H3. The number of halogens is 1. The highest BCUT2D eigenvalue weighted by Gasteiger charge is 2.24. The molecular formula is C12H14FN3O3. The second-order valence-corrected chi connectivity index (χ2v) is 4.38. The number of anilines is 1. The predicted molar refractivity (Wildman–Crippen MR) is 67.5 cm³/mol. The van der Waals surface area contributed by atoms with E-state index in [2.05, 4.69) is 0 Å². The largest absolute Gasteiger partial charge is 0.362 e. The van der Waals surface area contributed by atoms with Crippen molar-refractivity contribution in [3.05, 3.63) is 34.1 Å². The maximum absolute atomic E-state index is 13.3. The Hall–Kier alpha value is -2.18. The molecule has 0 radical (unpaired) electrons. The van der Waals surface area contributed by atoms with Crippen LogP contribution in [-0.4, -0.2) is 41.9 Å². The number of rotatable bonds is 2. The molecule has 102 valence electrons. The zero-order valence-corrected chi connectivity index (χ0v) is 10.5. The number of nitro groups is 1. The van der Waals surface area contributed by atoms with Crippen molar-refractivity contribution in [2.45, 2.75) is 6.92 Å². The molecule has 0 atom stereocenters. The van der Waals surface area contributed by atoms with Gasteiger partial charge < -0.3 is 9.80 Å². The van der Waals surface area contributed by atoms with E-state index >= 15 is 0 Å². The summed E-state index contributed by atoms with van der Waals surface area (Å²) in [5, 5.41) is 10.9. The second-order valence-electron chi connectivity index (χ2n) is 4.38. The predicted octanol–water partition coefficient (Wildman–Crippen LogP) is 1.40. The van der Waals surface area contributed by atoms with Crippen LogP contribution in [0, 0.1) is 15.9 Å². The van der Waals surface area contributed by atoms with Gasteiger partial charge in [0.25, 0.3) is 5.69 Å². The summed E-state index contributed by atoms with van der Waals surface area (Å²) in [7, 11) is 0. The van der Waals surface area contributed by atoms with Gasteiger partial charge in [0.1, 0.15) is 11.5 Å². The first-order chi connectivity index (χ1) is 8.99. The highest BCUT2D eigenvalue weighted by Crippen LogP contribution is 2.29. The molecule has 0 N–H and O–H groups in total. The normalized spacial score (nSPS) is 15.5. The molecule has 0 bridgehead atoms. The molecule has 19 heavy (non-hydrogen) atoms. The number of amides is 1. The molecular weight excluding hydrogens is 253 g/mol. The van der Waals surface area contributed by atoms with Gasteiger partial charge in [0.15, 0.2) is 0 Å². The van der Waals surface area contributed by atoms with Crippen LogP contribution < -0.4 is 4.90 Å². The molecule has 0 unspecified atom stereocenters. The van der Waals surface area contributed by atoms with Crippen LogP contribution >= 0.6 is 0 Å². The van der Waals surface area contributed by atoms with Crippen molar-refractivity contribution in [3.8, 4) is 0 Å². The van der Waals surface area contributed by atoms with E-state index in [1.807, 2.05) is 0 Å². The molecule has 7 heteroatoms. The summed E-state index contributed by atoms with van der Waals surface area (Å²) < 4.78 is 13.3. The van der Waals surface area contributed by atoms with Gasteiger partial charge in [-0.1, -0.05) is 0 Å². The number of nitro benzene ring substituents is 1. The van der Waals surface area contributed by atoms with E-state index in [9.17, 15) is 19.3 Å². The van der Waals surface area contributed by atoms with E-state index in [-0.39, 0.29) is 17.3 Å². The fourth-order valence-electron chi connectivity index (χ4n) is 2.17. The van der Waals surface area contributed by atoms with Crippen molar-refractivity contribution in [1.29, 1.82) is 0 Å². The molecule has 0 spiro atoms. The highest BCUT2D eigenvalue weighted by atomic mass is 19.1. The van der Waals surface area contributed by atoms with Crippen molar-refractivity contribution in [2.75, 3.05) is 31.1 Å². The first-order valence-corrected chi connectivity index (χ1v) is 5.93. The molecule has 1 aliphatic rings. The van der Waals surface area contributed by atoms with Crippen LogP contribution in [0.25, 0.3) is 0 Å². The Balaban J connectivity index is 2.21. The third kappa shape index (κ3) is 2.81. The molecule has 6 nitrogen and oxygen atoms in total. The third-order valence-corrected chi connectivity index (χ3v) is 3.20. The molecule has 2 rings (SSSR count). The van der Waals surface area contributed by atoms with E-state index in [1.54, 1.807) is 9.80 Å². The van der Waals surface area contributed by atoms with Crippen LogP contribution in [0.5, 0.6) is 0 Å². The Bertz CT molecular complexity index is 513. The molecule has 1 aromatic rings. The van der Waals surface area contributed by atoms with E-state index in [0.717, 1.165) is 6.07 Å². The molecule has 1 saturated heterocycles. The fourth-order valence-corrected chi connectivity index (χ4v) is 2.17. The van der Waals surface area contributed by atoms with E-state index in [4.69, 9.17) is 0 Å². The van der Waals surface area contributed by atoms with E-state index < -0.39 is 10.7 Å². The molecule has 1 aliphatic heterocycles. The Morgan fingerprint density at radius 1 is 1.32 bits per heavy atom. The zero-order valence-electron chi connectivity index (χ0n) is 10.5. The molecule has 1 fully saturated rings. The van der Waals surface area contributed by atoms with Crippen LogP contribution in [0.2, 0.25) is 0 Å². The smallest absolute Gasteiger partial charge is 0.292 e. The van der Waals surface area contributed by atoms with Crippen molar-refractivity contribution in [1.82, 2.24) is 4.90 Å². The highest BCUT2D eigenvalue weighted by molar-refractivity contribution is 5.74. The van der Waals surface area contributed by atoms with Crippen molar-refractivity contribution in [3.63, 3.8) is 0 Å². The first-order valence-electron chi connectivity index (χ1n) is 5.93. The summed E-state index contributed by atoms with van der Waals surface area (Å²) in [5.41, 5.74) is 0.158. The minimum Gasteiger partial charge on any atom is -0.362 e. The number of carbonyl (C=O) groups excluding carboxylic acids is 1.